The Kier molecular flexibility index (Phi) is 5.23. The van der Waals surface area contributed by atoms with Gasteiger partial charge in [-0.05, 0) is 62.3 Å². The lowest BCUT2D eigenvalue weighted by Crippen LogP contribution is -2.39. The van der Waals surface area contributed by atoms with E-state index >= 15 is 0 Å². The van der Waals surface area contributed by atoms with Crippen LogP contribution < -0.4 is 5.32 Å². The van der Waals surface area contributed by atoms with Crippen LogP contribution in [0.2, 0.25) is 5.02 Å². The Morgan fingerprint density at radius 2 is 2.08 bits per heavy atom. The first-order valence-corrected chi connectivity index (χ1v) is 10.6. The van der Waals surface area contributed by atoms with Gasteiger partial charge in [-0.15, -0.1) is 10.2 Å². The molecule has 1 amide bonds. The number of aromatic nitrogens is 3. The molecule has 2 saturated carbocycles. The summed E-state index contributed by atoms with van der Waals surface area (Å²) in [6, 6.07) is 7.96. The average molecular weight is 391 g/mol. The fourth-order valence-corrected chi connectivity index (χ4v) is 5.23. The van der Waals surface area contributed by atoms with E-state index in [9.17, 15) is 4.79 Å². The van der Waals surface area contributed by atoms with Crippen LogP contribution in [0.3, 0.4) is 0 Å². The van der Waals surface area contributed by atoms with E-state index in [4.69, 9.17) is 11.6 Å². The second kappa shape index (κ2) is 7.61. The minimum absolute atomic E-state index is 0.103. The van der Waals surface area contributed by atoms with E-state index in [0.29, 0.717) is 22.7 Å². The minimum Gasteiger partial charge on any atom is -0.352 e. The van der Waals surface area contributed by atoms with E-state index < -0.39 is 0 Å². The first kappa shape index (κ1) is 17.9. The van der Waals surface area contributed by atoms with Gasteiger partial charge in [-0.1, -0.05) is 29.8 Å². The molecule has 138 valence electrons. The number of nitrogens with zero attached hydrogens (tertiary/aromatic N) is 3. The van der Waals surface area contributed by atoms with E-state index in [1.54, 1.807) is 0 Å². The van der Waals surface area contributed by atoms with Crippen molar-refractivity contribution in [3.63, 3.8) is 0 Å². The molecular formula is C19H23ClN4OS. The number of carbonyl (C=O) groups excluding carboxylic acids is 1. The van der Waals surface area contributed by atoms with Gasteiger partial charge < -0.3 is 9.88 Å². The Balaban J connectivity index is 1.39. The molecule has 1 N–H and O–H groups in total. The van der Waals surface area contributed by atoms with Gasteiger partial charge in [0.25, 0.3) is 0 Å². The standard InChI is InChI=1S/C19H23ClN4OS/c1-2-24-18(13-5-7-15(20)8-6-13)22-23-19(24)26-11-17(25)21-16-10-12-3-4-14(16)9-12/h5-8,12,14,16H,2-4,9-11H2,1H3,(H,21,25)/t12-,14-,16-/m0/s1. The maximum Gasteiger partial charge on any atom is 0.230 e. The first-order valence-electron chi connectivity index (χ1n) is 9.25. The quantitative estimate of drug-likeness (QED) is 0.757. The highest BCUT2D eigenvalue weighted by Gasteiger charge is 2.40. The molecule has 1 aromatic carbocycles. The van der Waals surface area contributed by atoms with E-state index in [1.165, 1.54) is 31.0 Å². The van der Waals surface area contributed by atoms with Gasteiger partial charge in [-0.25, -0.2) is 0 Å². The zero-order chi connectivity index (χ0) is 18.1. The largest absolute Gasteiger partial charge is 0.352 e. The monoisotopic (exact) mass is 390 g/mol. The van der Waals surface area contributed by atoms with Crippen molar-refractivity contribution in [3.05, 3.63) is 29.3 Å². The van der Waals surface area contributed by atoms with Gasteiger partial charge in [0.05, 0.1) is 5.75 Å². The molecule has 5 nitrogen and oxygen atoms in total. The van der Waals surface area contributed by atoms with Crippen LogP contribution in [0, 0.1) is 11.8 Å². The van der Waals surface area contributed by atoms with Crippen molar-refractivity contribution < 1.29 is 4.79 Å². The molecule has 2 fully saturated rings. The molecule has 1 heterocycles. The summed E-state index contributed by atoms with van der Waals surface area (Å²) in [6.45, 7) is 2.81. The Hall–Kier alpha value is -1.53. The predicted octanol–water partition coefficient (Wildman–Crippen LogP) is 4.02. The van der Waals surface area contributed by atoms with Crippen molar-refractivity contribution in [1.82, 2.24) is 20.1 Å². The molecule has 26 heavy (non-hydrogen) atoms. The number of nitrogens with one attached hydrogen (secondary N) is 1. The number of thioether (sulfide) groups is 1. The lowest BCUT2D eigenvalue weighted by atomic mass is 9.95. The van der Waals surface area contributed by atoms with Crippen LogP contribution in [0.4, 0.5) is 0 Å². The summed E-state index contributed by atoms with van der Waals surface area (Å²) in [7, 11) is 0. The van der Waals surface area contributed by atoms with Gasteiger partial charge in [0.1, 0.15) is 0 Å². The number of rotatable bonds is 6. The molecule has 1 aromatic heterocycles. The Labute approximate surface area is 162 Å². The number of benzene rings is 1. The van der Waals surface area contributed by atoms with E-state index in [0.717, 1.165) is 35.4 Å². The first-order chi connectivity index (χ1) is 12.6. The van der Waals surface area contributed by atoms with E-state index in [-0.39, 0.29) is 5.91 Å². The Bertz CT molecular complexity index is 791. The highest BCUT2D eigenvalue weighted by atomic mass is 35.5. The van der Waals surface area contributed by atoms with Crippen molar-refractivity contribution in [2.45, 2.75) is 50.4 Å². The summed E-state index contributed by atoms with van der Waals surface area (Å²) in [5, 5.41) is 13.3. The number of fused-ring (bicyclic) bond motifs is 2. The summed E-state index contributed by atoms with van der Waals surface area (Å²) >= 11 is 7.42. The lowest BCUT2D eigenvalue weighted by molar-refractivity contribution is -0.119. The van der Waals surface area contributed by atoms with Gasteiger partial charge in [0, 0.05) is 23.2 Å². The molecular weight excluding hydrogens is 368 g/mol. The summed E-state index contributed by atoms with van der Waals surface area (Å²) in [5.74, 6) is 2.83. The van der Waals surface area contributed by atoms with Crippen molar-refractivity contribution in [2.75, 3.05) is 5.75 Å². The molecule has 0 radical (unpaired) electrons. The van der Waals surface area contributed by atoms with Gasteiger partial charge in [-0.2, -0.15) is 0 Å². The maximum atomic E-state index is 12.4. The van der Waals surface area contributed by atoms with Gasteiger partial charge in [0.2, 0.25) is 5.91 Å². The van der Waals surface area contributed by atoms with E-state index in [2.05, 4.69) is 22.4 Å². The lowest BCUT2D eigenvalue weighted by Gasteiger charge is -2.22. The number of carbonyl (C=O) groups is 1. The topological polar surface area (TPSA) is 59.8 Å². The molecule has 3 atom stereocenters. The molecule has 2 aliphatic carbocycles. The summed E-state index contributed by atoms with van der Waals surface area (Å²) < 4.78 is 2.04. The zero-order valence-corrected chi connectivity index (χ0v) is 16.4. The normalized spacial score (nSPS) is 24.2. The maximum absolute atomic E-state index is 12.4. The third kappa shape index (κ3) is 3.62. The number of halogens is 1. The van der Waals surface area contributed by atoms with Gasteiger partial charge in [-0.3, -0.25) is 4.79 Å². The number of amides is 1. The molecule has 0 unspecified atom stereocenters. The van der Waals surface area contributed by atoms with Crippen molar-refractivity contribution in [1.29, 1.82) is 0 Å². The van der Waals surface area contributed by atoms with Crippen molar-refractivity contribution in [3.8, 4) is 11.4 Å². The predicted molar refractivity (Wildman–Crippen MR) is 104 cm³/mol. The molecule has 2 aromatic rings. The molecule has 7 heteroatoms. The number of hydrogen-bond acceptors (Lipinski definition) is 4. The van der Waals surface area contributed by atoms with Crippen LogP contribution in [-0.4, -0.2) is 32.5 Å². The van der Waals surface area contributed by atoms with Crippen LogP contribution in [0.1, 0.15) is 32.6 Å². The summed E-state index contributed by atoms with van der Waals surface area (Å²) in [4.78, 5) is 12.4. The minimum atomic E-state index is 0.103. The average Bonchev–Trinajstić information content (AvgIpc) is 3.35. The van der Waals surface area contributed by atoms with Crippen LogP contribution in [-0.2, 0) is 11.3 Å². The fourth-order valence-electron chi connectivity index (χ4n) is 4.29. The van der Waals surface area contributed by atoms with Crippen LogP contribution >= 0.6 is 23.4 Å². The van der Waals surface area contributed by atoms with Crippen LogP contribution in [0.15, 0.2) is 29.4 Å². The second-order valence-electron chi connectivity index (χ2n) is 7.19. The molecule has 0 spiro atoms. The highest BCUT2D eigenvalue weighted by molar-refractivity contribution is 7.99. The zero-order valence-electron chi connectivity index (χ0n) is 14.8. The molecule has 4 rings (SSSR count). The van der Waals surface area contributed by atoms with Crippen molar-refractivity contribution >= 4 is 29.3 Å². The third-order valence-electron chi connectivity index (χ3n) is 5.55. The summed E-state index contributed by atoms with van der Waals surface area (Å²) in [5.41, 5.74) is 0.974. The Morgan fingerprint density at radius 1 is 1.27 bits per heavy atom. The van der Waals surface area contributed by atoms with Crippen LogP contribution in [0.5, 0.6) is 0 Å². The molecule has 2 aliphatic rings. The Morgan fingerprint density at radius 3 is 2.73 bits per heavy atom. The van der Waals surface area contributed by atoms with Gasteiger partial charge >= 0.3 is 0 Å². The smallest absolute Gasteiger partial charge is 0.230 e. The highest BCUT2D eigenvalue weighted by Crippen LogP contribution is 2.44. The third-order valence-corrected chi connectivity index (χ3v) is 6.77. The van der Waals surface area contributed by atoms with E-state index in [1.807, 2.05) is 28.8 Å². The summed E-state index contributed by atoms with van der Waals surface area (Å²) in [6.07, 6.45) is 5.08. The SMILES string of the molecule is CCn1c(SCC(=O)N[C@H]2C[C@H]3CC[C@H]2C3)nnc1-c1ccc(Cl)cc1. The van der Waals surface area contributed by atoms with Crippen molar-refractivity contribution in [2.24, 2.45) is 11.8 Å². The number of hydrogen-bond donors (Lipinski definition) is 1. The molecule has 0 saturated heterocycles. The van der Waals surface area contributed by atoms with Crippen LogP contribution in [0.25, 0.3) is 11.4 Å². The molecule has 0 aliphatic heterocycles. The van der Waals surface area contributed by atoms with Gasteiger partial charge in [0.15, 0.2) is 11.0 Å². The second-order valence-corrected chi connectivity index (χ2v) is 8.57. The molecule has 2 bridgehead atoms. The fraction of sp³-hybridized carbons (Fsp3) is 0.526.